The third-order valence-electron chi connectivity index (χ3n) is 3.06. The van der Waals surface area contributed by atoms with Crippen molar-refractivity contribution in [1.82, 2.24) is 0 Å². The van der Waals surface area contributed by atoms with E-state index in [1.54, 1.807) is 12.1 Å². The Morgan fingerprint density at radius 3 is 2.47 bits per heavy atom. The van der Waals surface area contributed by atoms with Crippen LogP contribution in [0.5, 0.6) is 0 Å². The number of rotatable bonds is 3. The second-order valence-electron chi connectivity index (χ2n) is 4.57. The van der Waals surface area contributed by atoms with E-state index in [1.165, 1.54) is 6.07 Å². The largest absolute Gasteiger partial charge is 0.324 e. The lowest BCUT2D eigenvalue weighted by molar-refractivity contribution is 0.626. The summed E-state index contributed by atoms with van der Waals surface area (Å²) in [5, 5.41) is 0.816. The molecule has 100 valence electrons. The zero-order valence-corrected chi connectivity index (χ0v) is 12.0. The molecule has 4 heteroatoms. The van der Waals surface area contributed by atoms with Gasteiger partial charge in [0, 0.05) is 11.1 Å². The van der Waals surface area contributed by atoms with Gasteiger partial charge in [-0.3, -0.25) is 0 Å². The van der Waals surface area contributed by atoms with E-state index in [0.717, 1.165) is 16.7 Å². The Bertz CT molecular complexity index is 599. The Morgan fingerprint density at radius 1 is 1.11 bits per heavy atom. The number of aryl methyl sites for hydroxylation is 1. The van der Waals surface area contributed by atoms with Gasteiger partial charge in [-0.2, -0.15) is 0 Å². The number of hydrogen-bond acceptors (Lipinski definition) is 1. The fourth-order valence-corrected chi connectivity index (χ4v) is 2.27. The molecule has 2 rings (SSSR count). The van der Waals surface area contributed by atoms with E-state index in [2.05, 4.69) is 0 Å². The summed E-state index contributed by atoms with van der Waals surface area (Å²) in [7, 11) is 0. The van der Waals surface area contributed by atoms with E-state index < -0.39 is 5.82 Å². The van der Waals surface area contributed by atoms with E-state index in [4.69, 9.17) is 28.9 Å². The summed E-state index contributed by atoms with van der Waals surface area (Å²) in [4.78, 5) is 0. The quantitative estimate of drug-likeness (QED) is 0.874. The first kappa shape index (κ1) is 14.3. The summed E-state index contributed by atoms with van der Waals surface area (Å²) in [6, 6.07) is 10.2. The van der Waals surface area contributed by atoms with Gasteiger partial charge in [0.2, 0.25) is 0 Å². The highest BCUT2D eigenvalue weighted by Gasteiger charge is 2.10. The average molecular weight is 298 g/mol. The minimum absolute atomic E-state index is 0.117. The monoisotopic (exact) mass is 297 g/mol. The molecule has 1 unspecified atom stereocenters. The fraction of sp³-hybridized carbons (Fsp3) is 0.200. The molecule has 0 aromatic heterocycles. The smallest absolute Gasteiger partial charge is 0.141 e. The molecular weight excluding hydrogens is 284 g/mol. The standard InChI is InChI=1S/C15H14Cl2FN/c1-9-2-4-11(8-12(9)16)15(19)7-10-3-5-14(18)13(17)6-10/h2-6,8,15H,7,19H2,1H3. The highest BCUT2D eigenvalue weighted by atomic mass is 35.5. The van der Waals surface area contributed by atoms with Crippen LogP contribution in [-0.4, -0.2) is 0 Å². The van der Waals surface area contributed by atoms with Gasteiger partial charge in [-0.05, 0) is 48.2 Å². The summed E-state index contributed by atoms with van der Waals surface area (Å²) in [5.41, 5.74) is 9.01. The molecule has 0 heterocycles. The molecule has 0 aliphatic rings. The zero-order chi connectivity index (χ0) is 14.0. The molecule has 2 aromatic carbocycles. The Morgan fingerprint density at radius 2 is 1.84 bits per heavy atom. The first-order valence-electron chi connectivity index (χ1n) is 5.93. The fourth-order valence-electron chi connectivity index (χ4n) is 1.88. The van der Waals surface area contributed by atoms with Crippen LogP contribution in [0, 0.1) is 12.7 Å². The van der Waals surface area contributed by atoms with Gasteiger partial charge in [-0.25, -0.2) is 4.39 Å². The lowest BCUT2D eigenvalue weighted by Gasteiger charge is -2.13. The number of hydrogen-bond donors (Lipinski definition) is 1. The SMILES string of the molecule is Cc1ccc(C(N)Cc2ccc(F)c(Cl)c2)cc1Cl. The van der Waals surface area contributed by atoms with E-state index in [9.17, 15) is 4.39 Å². The van der Waals surface area contributed by atoms with Crippen molar-refractivity contribution in [3.8, 4) is 0 Å². The third kappa shape index (κ3) is 3.47. The van der Waals surface area contributed by atoms with Crippen molar-refractivity contribution in [3.63, 3.8) is 0 Å². The Balaban J connectivity index is 2.17. The summed E-state index contributed by atoms with van der Waals surface area (Å²) in [6.45, 7) is 1.94. The summed E-state index contributed by atoms with van der Waals surface area (Å²) < 4.78 is 13.1. The van der Waals surface area contributed by atoms with E-state index in [1.807, 2.05) is 25.1 Å². The second kappa shape index (κ2) is 5.91. The van der Waals surface area contributed by atoms with Crippen LogP contribution >= 0.6 is 23.2 Å². The van der Waals surface area contributed by atoms with Crippen molar-refractivity contribution < 1.29 is 4.39 Å². The maximum atomic E-state index is 13.1. The normalized spacial score (nSPS) is 12.5. The zero-order valence-electron chi connectivity index (χ0n) is 10.5. The molecule has 2 N–H and O–H groups in total. The molecule has 19 heavy (non-hydrogen) atoms. The second-order valence-corrected chi connectivity index (χ2v) is 5.38. The van der Waals surface area contributed by atoms with Gasteiger partial charge in [-0.1, -0.05) is 41.4 Å². The number of benzene rings is 2. The predicted octanol–water partition coefficient (Wildman–Crippen LogP) is 4.68. The Kier molecular flexibility index (Phi) is 4.46. The molecule has 1 nitrogen and oxygen atoms in total. The predicted molar refractivity (Wildman–Crippen MR) is 78.2 cm³/mol. The number of nitrogens with two attached hydrogens (primary N) is 1. The highest BCUT2D eigenvalue weighted by molar-refractivity contribution is 6.31. The van der Waals surface area contributed by atoms with Gasteiger partial charge in [0.25, 0.3) is 0 Å². The van der Waals surface area contributed by atoms with Crippen molar-refractivity contribution in [1.29, 1.82) is 0 Å². The minimum Gasteiger partial charge on any atom is -0.324 e. The van der Waals surface area contributed by atoms with Crippen LogP contribution in [0.25, 0.3) is 0 Å². The summed E-state index contributed by atoms with van der Waals surface area (Å²) in [6.07, 6.45) is 0.583. The van der Waals surface area contributed by atoms with Crippen molar-refractivity contribution in [2.24, 2.45) is 5.73 Å². The molecule has 0 fully saturated rings. The molecule has 1 atom stereocenters. The van der Waals surface area contributed by atoms with Gasteiger partial charge < -0.3 is 5.73 Å². The van der Waals surface area contributed by atoms with E-state index in [-0.39, 0.29) is 11.1 Å². The van der Waals surface area contributed by atoms with Crippen LogP contribution in [0.3, 0.4) is 0 Å². The van der Waals surface area contributed by atoms with Gasteiger partial charge >= 0.3 is 0 Å². The minimum atomic E-state index is -0.419. The highest BCUT2D eigenvalue weighted by Crippen LogP contribution is 2.24. The van der Waals surface area contributed by atoms with Gasteiger partial charge in [0.05, 0.1) is 5.02 Å². The molecule has 0 spiro atoms. The van der Waals surface area contributed by atoms with Crippen molar-refractivity contribution >= 4 is 23.2 Å². The van der Waals surface area contributed by atoms with Gasteiger partial charge in [-0.15, -0.1) is 0 Å². The van der Waals surface area contributed by atoms with Crippen molar-refractivity contribution in [2.45, 2.75) is 19.4 Å². The molecule has 0 amide bonds. The maximum absolute atomic E-state index is 13.1. The van der Waals surface area contributed by atoms with E-state index >= 15 is 0 Å². The van der Waals surface area contributed by atoms with Crippen LogP contribution < -0.4 is 5.73 Å². The molecular formula is C15H14Cl2FN. The third-order valence-corrected chi connectivity index (χ3v) is 3.76. The molecule has 0 aliphatic heterocycles. The molecule has 0 saturated heterocycles. The van der Waals surface area contributed by atoms with Crippen LogP contribution in [0.15, 0.2) is 36.4 Å². The first-order valence-corrected chi connectivity index (χ1v) is 6.68. The number of halogens is 3. The van der Waals surface area contributed by atoms with Crippen LogP contribution in [-0.2, 0) is 6.42 Å². The Hall–Kier alpha value is -1.09. The van der Waals surface area contributed by atoms with Gasteiger partial charge in [0.1, 0.15) is 5.82 Å². The first-order chi connectivity index (χ1) is 8.97. The molecule has 0 radical (unpaired) electrons. The van der Waals surface area contributed by atoms with Crippen molar-refractivity contribution in [2.75, 3.05) is 0 Å². The lowest BCUT2D eigenvalue weighted by atomic mass is 9.99. The molecule has 0 aliphatic carbocycles. The van der Waals surface area contributed by atoms with Crippen LogP contribution in [0.4, 0.5) is 4.39 Å². The summed E-state index contributed by atoms with van der Waals surface area (Å²) in [5.74, 6) is -0.419. The van der Waals surface area contributed by atoms with Crippen molar-refractivity contribution in [3.05, 3.63) is 69.0 Å². The molecule has 0 saturated carbocycles. The Labute approximate surface area is 122 Å². The topological polar surface area (TPSA) is 26.0 Å². The average Bonchev–Trinajstić information content (AvgIpc) is 2.37. The maximum Gasteiger partial charge on any atom is 0.141 e. The molecule has 2 aromatic rings. The van der Waals surface area contributed by atoms with Crippen LogP contribution in [0.2, 0.25) is 10.0 Å². The lowest BCUT2D eigenvalue weighted by Crippen LogP contribution is -2.13. The molecule has 0 bridgehead atoms. The summed E-state index contributed by atoms with van der Waals surface area (Å²) >= 11 is 11.8. The van der Waals surface area contributed by atoms with E-state index in [0.29, 0.717) is 11.4 Å². The van der Waals surface area contributed by atoms with Gasteiger partial charge in [0.15, 0.2) is 0 Å². The van der Waals surface area contributed by atoms with Crippen LogP contribution in [0.1, 0.15) is 22.7 Å².